The van der Waals surface area contributed by atoms with E-state index in [4.69, 9.17) is 0 Å². The first kappa shape index (κ1) is 15.7. The van der Waals surface area contributed by atoms with Crippen LogP contribution in [0.15, 0.2) is 36.4 Å². The van der Waals surface area contributed by atoms with E-state index in [2.05, 4.69) is 31.1 Å². The van der Waals surface area contributed by atoms with Gasteiger partial charge < -0.3 is 4.90 Å². The molecule has 23 heavy (non-hydrogen) atoms. The SMILES string of the molecule is Cc1nn(C)c2sc(C(=O)N(Cc3ccccc3)C(C)C)cc12. The average Bonchev–Trinajstić information content (AvgIpc) is 3.07. The summed E-state index contributed by atoms with van der Waals surface area (Å²) in [7, 11) is 1.92. The number of aryl methyl sites for hydroxylation is 2. The molecule has 0 unspecified atom stereocenters. The van der Waals surface area contributed by atoms with Gasteiger partial charge >= 0.3 is 0 Å². The molecule has 0 N–H and O–H groups in total. The number of fused-ring (bicyclic) bond motifs is 1. The third-order valence-corrected chi connectivity index (χ3v) is 5.18. The van der Waals surface area contributed by atoms with Crippen LogP contribution in [0.2, 0.25) is 0 Å². The number of rotatable bonds is 4. The molecule has 0 saturated carbocycles. The van der Waals surface area contributed by atoms with Gasteiger partial charge in [-0.15, -0.1) is 11.3 Å². The Bertz CT molecular complexity index is 798. The molecule has 0 radical (unpaired) electrons. The summed E-state index contributed by atoms with van der Waals surface area (Å²) < 4.78 is 1.85. The van der Waals surface area contributed by atoms with Crippen LogP contribution in [0.25, 0.3) is 10.2 Å². The van der Waals surface area contributed by atoms with Crippen molar-refractivity contribution in [1.82, 2.24) is 14.7 Å². The zero-order chi connectivity index (χ0) is 16.6. The van der Waals surface area contributed by atoms with Gasteiger partial charge in [-0.1, -0.05) is 30.3 Å². The Labute approximate surface area is 140 Å². The van der Waals surface area contributed by atoms with Crippen LogP contribution in [0.1, 0.15) is 34.8 Å². The van der Waals surface area contributed by atoms with E-state index < -0.39 is 0 Å². The van der Waals surface area contributed by atoms with Crippen LogP contribution in [-0.4, -0.2) is 26.6 Å². The molecule has 0 aliphatic carbocycles. The summed E-state index contributed by atoms with van der Waals surface area (Å²) in [5.74, 6) is 0.0875. The Hall–Kier alpha value is -2.14. The predicted molar refractivity (Wildman–Crippen MR) is 94.8 cm³/mol. The lowest BCUT2D eigenvalue weighted by Gasteiger charge is -2.26. The minimum atomic E-state index is 0.0875. The fourth-order valence-corrected chi connectivity index (χ4v) is 3.80. The molecule has 1 aromatic carbocycles. The largest absolute Gasteiger partial charge is 0.331 e. The van der Waals surface area contributed by atoms with Gasteiger partial charge in [-0.2, -0.15) is 5.10 Å². The van der Waals surface area contributed by atoms with E-state index in [0.717, 1.165) is 26.4 Å². The van der Waals surface area contributed by atoms with Gasteiger partial charge in [-0.05, 0) is 32.4 Å². The zero-order valence-corrected chi connectivity index (χ0v) is 14.7. The summed E-state index contributed by atoms with van der Waals surface area (Å²) in [6.45, 7) is 6.72. The van der Waals surface area contributed by atoms with Crippen molar-refractivity contribution in [2.24, 2.45) is 7.05 Å². The van der Waals surface area contributed by atoms with Crippen molar-refractivity contribution in [3.05, 3.63) is 52.5 Å². The lowest BCUT2D eigenvalue weighted by atomic mass is 10.2. The van der Waals surface area contributed by atoms with Gasteiger partial charge in [0.15, 0.2) is 0 Å². The van der Waals surface area contributed by atoms with Gasteiger partial charge in [0.25, 0.3) is 5.91 Å². The van der Waals surface area contributed by atoms with Crippen LogP contribution in [0.3, 0.4) is 0 Å². The molecule has 5 heteroatoms. The Morgan fingerprint density at radius 1 is 1.30 bits per heavy atom. The first-order chi connectivity index (χ1) is 11.0. The predicted octanol–water partition coefficient (Wildman–Crippen LogP) is 3.99. The summed E-state index contributed by atoms with van der Waals surface area (Å²) in [5, 5.41) is 5.47. The Balaban J connectivity index is 1.92. The molecular weight excluding hydrogens is 306 g/mol. The molecule has 0 aliphatic rings. The van der Waals surface area contributed by atoms with Crippen LogP contribution in [0.5, 0.6) is 0 Å². The van der Waals surface area contributed by atoms with E-state index in [-0.39, 0.29) is 11.9 Å². The molecule has 3 rings (SSSR count). The second-order valence-corrected chi connectivity index (χ2v) is 7.08. The van der Waals surface area contributed by atoms with E-state index in [9.17, 15) is 4.79 Å². The van der Waals surface area contributed by atoms with Crippen LogP contribution < -0.4 is 0 Å². The van der Waals surface area contributed by atoms with Gasteiger partial charge in [-0.3, -0.25) is 9.48 Å². The summed E-state index contributed by atoms with van der Waals surface area (Å²) >= 11 is 1.52. The topological polar surface area (TPSA) is 38.1 Å². The van der Waals surface area contributed by atoms with Crippen molar-refractivity contribution in [2.45, 2.75) is 33.4 Å². The molecule has 0 saturated heterocycles. The maximum atomic E-state index is 13.0. The van der Waals surface area contributed by atoms with Gasteiger partial charge in [0.2, 0.25) is 0 Å². The number of hydrogen-bond donors (Lipinski definition) is 0. The molecule has 2 aromatic heterocycles. The van der Waals surface area contributed by atoms with Gasteiger partial charge in [0.05, 0.1) is 10.6 Å². The highest BCUT2D eigenvalue weighted by atomic mass is 32.1. The quantitative estimate of drug-likeness (QED) is 0.726. The van der Waals surface area contributed by atoms with Gasteiger partial charge in [0.1, 0.15) is 4.83 Å². The lowest BCUT2D eigenvalue weighted by molar-refractivity contribution is 0.0695. The summed E-state index contributed by atoms with van der Waals surface area (Å²) in [6, 6.07) is 12.2. The standard InChI is InChI=1S/C18H21N3OS/c1-12(2)21(11-14-8-6-5-7-9-14)17(22)16-10-15-13(3)19-20(4)18(15)23-16/h5-10,12H,11H2,1-4H3. The molecule has 0 fully saturated rings. The molecule has 3 aromatic rings. The van der Waals surface area contributed by atoms with E-state index >= 15 is 0 Å². The first-order valence-corrected chi connectivity index (χ1v) is 8.57. The van der Waals surface area contributed by atoms with Crippen LogP contribution >= 0.6 is 11.3 Å². The normalized spacial score (nSPS) is 11.3. The molecule has 120 valence electrons. The number of carbonyl (C=O) groups excluding carboxylic acids is 1. The number of carbonyl (C=O) groups is 1. The van der Waals surface area contributed by atoms with Crippen molar-refractivity contribution in [3.8, 4) is 0 Å². The molecule has 1 amide bonds. The number of nitrogens with zero attached hydrogens (tertiary/aromatic N) is 3. The zero-order valence-electron chi connectivity index (χ0n) is 13.9. The second kappa shape index (κ2) is 6.16. The number of amides is 1. The Kier molecular flexibility index (Phi) is 4.22. The van der Waals surface area contributed by atoms with Crippen LogP contribution in [0, 0.1) is 6.92 Å². The number of hydrogen-bond acceptors (Lipinski definition) is 3. The van der Waals surface area contributed by atoms with E-state index in [1.807, 2.05) is 47.8 Å². The highest BCUT2D eigenvalue weighted by molar-refractivity contribution is 7.20. The third kappa shape index (κ3) is 3.01. The highest BCUT2D eigenvalue weighted by Gasteiger charge is 2.22. The molecule has 0 aliphatic heterocycles. The van der Waals surface area contributed by atoms with E-state index in [1.54, 1.807) is 0 Å². The van der Waals surface area contributed by atoms with Gasteiger partial charge in [-0.25, -0.2) is 0 Å². The molecular formula is C18H21N3OS. The first-order valence-electron chi connectivity index (χ1n) is 7.75. The summed E-state index contributed by atoms with van der Waals surface area (Å²) in [4.78, 5) is 16.7. The van der Waals surface area contributed by atoms with Crippen molar-refractivity contribution in [3.63, 3.8) is 0 Å². The minimum Gasteiger partial charge on any atom is -0.331 e. The number of aromatic nitrogens is 2. The lowest BCUT2D eigenvalue weighted by Crippen LogP contribution is -2.35. The summed E-state index contributed by atoms with van der Waals surface area (Å²) in [5.41, 5.74) is 2.12. The fraction of sp³-hybridized carbons (Fsp3) is 0.333. The van der Waals surface area contributed by atoms with Gasteiger partial charge in [0, 0.05) is 25.0 Å². The highest BCUT2D eigenvalue weighted by Crippen LogP contribution is 2.29. The van der Waals surface area contributed by atoms with Crippen molar-refractivity contribution >= 4 is 27.5 Å². The smallest absolute Gasteiger partial charge is 0.264 e. The summed E-state index contributed by atoms with van der Waals surface area (Å²) in [6.07, 6.45) is 0. The van der Waals surface area contributed by atoms with Crippen molar-refractivity contribution in [1.29, 1.82) is 0 Å². The third-order valence-electron chi connectivity index (χ3n) is 3.99. The van der Waals surface area contributed by atoms with E-state index in [1.165, 1.54) is 11.3 Å². The van der Waals surface area contributed by atoms with Crippen molar-refractivity contribution < 1.29 is 4.79 Å². The molecule has 2 heterocycles. The maximum Gasteiger partial charge on any atom is 0.264 e. The Morgan fingerprint density at radius 2 is 2.00 bits per heavy atom. The molecule has 0 bridgehead atoms. The van der Waals surface area contributed by atoms with Crippen LogP contribution in [-0.2, 0) is 13.6 Å². The maximum absolute atomic E-state index is 13.0. The van der Waals surface area contributed by atoms with Crippen LogP contribution in [0.4, 0.5) is 0 Å². The second-order valence-electron chi connectivity index (χ2n) is 6.05. The average molecular weight is 327 g/mol. The number of thiophene rings is 1. The number of benzene rings is 1. The van der Waals surface area contributed by atoms with Crippen molar-refractivity contribution in [2.75, 3.05) is 0 Å². The van der Waals surface area contributed by atoms with E-state index in [0.29, 0.717) is 6.54 Å². The molecule has 0 atom stereocenters. The monoisotopic (exact) mass is 327 g/mol. The minimum absolute atomic E-state index is 0.0875. The molecule has 4 nitrogen and oxygen atoms in total. The fourth-order valence-electron chi connectivity index (χ4n) is 2.72. The molecule has 0 spiro atoms. The Morgan fingerprint density at radius 3 is 2.61 bits per heavy atom.